The maximum atomic E-state index is 5.39. The lowest BCUT2D eigenvalue weighted by Gasteiger charge is -2.26. The van der Waals surface area contributed by atoms with Crippen molar-refractivity contribution in [1.29, 1.82) is 0 Å². The van der Waals surface area contributed by atoms with E-state index < -0.39 is 0 Å². The lowest BCUT2D eigenvalue weighted by atomic mass is 9.83. The van der Waals surface area contributed by atoms with Gasteiger partial charge in [0.15, 0.2) is 11.5 Å². The number of hydrogen-bond acceptors (Lipinski definition) is 3. The Hall–Kier alpha value is -1.22. The molecule has 0 spiro atoms. The molecule has 0 radical (unpaired) electrons. The molecule has 0 aliphatic heterocycles. The van der Waals surface area contributed by atoms with Gasteiger partial charge in [-0.3, -0.25) is 0 Å². The molecule has 0 amide bonds. The molecular weight excluding hydrogens is 250 g/mol. The largest absolute Gasteiger partial charge is 0.493 e. The number of nitrogens with one attached hydrogen (secondary N) is 1. The molecule has 1 unspecified atom stereocenters. The summed E-state index contributed by atoms with van der Waals surface area (Å²) in [6.07, 6.45) is 6.67. The number of ether oxygens (including phenoxy) is 2. The third-order valence-electron chi connectivity index (χ3n) is 4.39. The fraction of sp³-hybridized carbons (Fsp3) is 0.647. The second kappa shape index (κ2) is 7.53. The Balaban J connectivity index is 1.94. The summed E-state index contributed by atoms with van der Waals surface area (Å²) in [4.78, 5) is 0. The van der Waals surface area contributed by atoms with E-state index in [1.807, 2.05) is 6.07 Å². The lowest BCUT2D eigenvalue weighted by Crippen LogP contribution is -2.25. The second-order valence-electron chi connectivity index (χ2n) is 5.61. The standard InChI is InChI=1S/C17H27NO2/c1-4-15(18-11-10-13-6-5-7-13)14-8-9-16(19-2)17(12-14)20-3/h8-9,12-13,15,18H,4-7,10-11H2,1-3H3. The smallest absolute Gasteiger partial charge is 0.161 e. The molecule has 0 saturated heterocycles. The molecule has 2 rings (SSSR count). The fourth-order valence-electron chi connectivity index (χ4n) is 2.81. The van der Waals surface area contributed by atoms with Crippen molar-refractivity contribution >= 4 is 0 Å². The van der Waals surface area contributed by atoms with Crippen LogP contribution in [0.2, 0.25) is 0 Å². The fourth-order valence-corrected chi connectivity index (χ4v) is 2.81. The third-order valence-corrected chi connectivity index (χ3v) is 4.39. The Morgan fingerprint density at radius 1 is 1.20 bits per heavy atom. The van der Waals surface area contributed by atoms with Gasteiger partial charge in [0, 0.05) is 6.04 Å². The van der Waals surface area contributed by atoms with Crippen LogP contribution in [0.5, 0.6) is 11.5 Å². The predicted molar refractivity (Wildman–Crippen MR) is 82.5 cm³/mol. The van der Waals surface area contributed by atoms with Crippen LogP contribution in [0.15, 0.2) is 18.2 Å². The SMILES string of the molecule is CCC(NCCC1CCC1)c1ccc(OC)c(OC)c1. The minimum absolute atomic E-state index is 0.398. The molecule has 3 nitrogen and oxygen atoms in total. The Kier molecular flexibility index (Phi) is 5.72. The molecule has 0 bridgehead atoms. The molecule has 1 saturated carbocycles. The average Bonchev–Trinajstić information content (AvgIpc) is 2.45. The van der Waals surface area contributed by atoms with Gasteiger partial charge in [-0.1, -0.05) is 32.3 Å². The van der Waals surface area contributed by atoms with Crippen LogP contribution in [0.3, 0.4) is 0 Å². The Morgan fingerprint density at radius 2 is 1.95 bits per heavy atom. The zero-order chi connectivity index (χ0) is 14.4. The number of rotatable bonds is 8. The summed E-state index contributed by atoms with van der Waals surface area (Å²) in [6, 6.07) is 6.61. The highest BCUT2D eigenvalue weighted by molar-refractivity contribution is 5.43. The molecular formula is C17H27NO2. The van der Waals surface area contributed by atoms with Crippen LogP contribution in [0.1, 0.15) is 50.6 Å². The molecule has 1 N–H and O–H groups in total. The number of methoxy groups -OCH3 is 2. The van der Waals surface area contributed by atoms with E-state index >= 15 is 0 Å². The zero-order valence-corrected chi connectivity index (χ0v) is 12.9. The van der Waals surface area contributed by atoms with Crippen molar-refractivity contribution in [2.45, 2.75) is 45.1 Å². The number of hydrogen-bond donors (Lipinski definition) is 1. The van der Waals surface area contributed by atoms with Crippen molar-refractivity contribution in [2.75, 3.05) is 20.8 Å². The Bertz CT molecular complexity index is 415. The molecule has 1 aliphatic rings. The van der Waals surface area contributed by atoms with E-state index in [4.69, 9.17) is 9.47 Å². The van der Waals surface area contributed by atoms with E-state index in [1.54, 1.807) is 14.2 Å². The summed E-state index contributed by atoms with van der Waals surface area (Å²) in [5.74, 6) is 2.57. The Morgan fingerprint density at radius 3 is 2.50 bits per heavy atom. The Labute approximate surface area is 122 Å². The highest BCUT2D eigenvalue weighted by Gasteiger charge is 2.18. The molecule has 3 heteroatoms. The van der Waals surface area contributed by atoms with Gasteiger partial charge in [0.05, 0.1) is 14.2 Å². The molecule has 0 aromatic heterocycles. The van der Waals surface area contributed by atoms with Gasteiger partial charge in [0.1, 0.15) is 0 Å². The highest BCUT2D eigenvalue weighted by atomic mass is 16.5. The highest BCUT2D eigenvalue weighted by Crippen LogP contribution is 2.32. The summed E-state index contributed by atoms with van der Waals surface area (Å²) >= 11 is 0. The molecule has 112 valence electrons. The van der Waals surface area contributed by atoms with Crippen LogP contribution in [-0.2, 0) is 0 Å². The molecule has 1 aromatic carbocycles. The first-order valence-corrected chi connectivity index (χ1v) is 7.73. The summed E-state index contributed by atoms with van der Waals surface area (Å²) in [5, 5.41) is 3.68. The van der Waals surface area contributed by atoms with Crippen LogP contribution >= 0.6 is 0 Å². The van der Waals surface area contributed by atoms with E-state index in [1.165, 1.54) is 31.2 Å². The van der Waals surface area contributed by atoms with Gasteiger partial charge >= 0.3 is 0 Å². The van der Waals surface area contributed by atoms with E-state index in [0.717, 1.165) is 30.4 Å². The average molecular weight is 277 g/mol. The van der Waals surface area contributed by atoms with Crippen LogP contribution in [-0.4, -0.2) is 20.8 Å². The van der Waals surface area contributed by atoms with Gasteiger partial charge in [-0.05, 0) is 43.0 Å². The van der Waals surface area contributed by atoms with Gasteiger partial charge in [-0.25, -0.2) is 0 Å². The maximum Gasteiger partial charge on any atom is 0.161 e. The van der Waals surface area contributed by atoms with Crippen LogP contribution in [0.4, 0.5) is 0 Å². The molecule has 20 heavy (non-hydrogen) atoms. The quantitative estimate of drug-likeness (QED) is 0.781. The van der Waals surface area contributed by atoms with Crippen molar-refractivity contribution < 1.29 is 9.47 Å². The zero-order valence-electron chi connectivity index (χ0n) is 12.9. The van der Waals surface area contributed by atoms with E-state index in [-0.39, 0.29) is 0 Å². The van der Waals surface area contributed by atoms with Gasteiger partial charge in [0.2, 0.25) is 0 Å². The van der Waals surface area contributed by atoms with Crippen LogP contribution in [0, 0.1) is 5.92 Å². The van der Waals surface area contributed by atoms with Crippen molar-refractivity contribution in [3.63, 3.8) is 0 Å². The van der Waals surface area contributed by atoms with Crippen LogP contribution < -0.4 is 14.8 Å². The van der Waals surface area contributed by atoms with Crippen molar-refractivity contribution in [1.82, 2.24) is 5.32 Å². The van der Waals surface area contributed by atoms with E-state index in [9.17, 15) is 0 Å². The monoisotopic (exact) mass is 277 g/mol. The number of benzene rings is 1. The molecule has 1 atom stereocenters. The maximum absolute atomic E-state index is 5.39. The third kappa shape index (κ3) is 3.66. The summed E-state index contributed by atoms with van der Waals surface area (Å²) in [7, 11) is 3.36. The molecule has 1 aromatic rings. The summed E-state index contributed by atoms with van der Waals surface area (Å²) in [6.45, 7) is 3.33. The first-order chi connectivity index (χ1) is 9.78. The first kappa shape index (κ1) is 15.2. The van der Waals surface area contributed by atoms with Gasteiger partial charge in [-0.15, -0.1) is 0 Å². The van der Waals surface area contributed by atoms with E-state index in [2.05, 4.69) is 24.4 Å². The lowest BCUT2D eigenvalue weighted by molar-refractivity contribution is 0.286. The molecule has 0 heterocycles. The summed E-state index contributed by atoms with van der Waals surface area (Å²) < 4.78 is 10.7. The van der Waals surface area contributed by atoms with Crippen LogP contribution in [0.25, 0.3) is 0 Å². The topological polar surface area (TPSA) is 30.5 Å². The van der Waals surface area contributed by atoms with Gasteiger partial charge in [-0.2, -0.15) is 0 Å². The summed E-state index contributed by atoms with van der Waals surface area (Å²) in [5.41, 5.74) is 1.28. The van der Waals surface area contributed by atoms with E-state index in [0.29, 0.717) is 6.04 Å². The second-order valence-corrected chi connectivity index (χ2v) is 5.61. The van der Waals surface area contributed by atoms with Crippen molar-refractivity contribution in [3.05, 3.63) is 23.8 Å². The van der Waals surface area contributed by atoms with Gasteiger partial charge < -0.3 is 14.8 Å². The minimum atomic E-state index is 0.398. The normalized spacial score (nSPS) is 16.6. The predicted octanol–water partition coefficient (Wildman–Crippen LogP) is 3.93. The van der Waals surface area contributed by atoms with Crippen molar-refractivity contribution in [3.8, 4) is 11.5 Å². The first-order valence-electron chi connectivity index (χ1n) is 7.73. The van der Waals surface area contributed by atoms with Crippen molar-refractivity contribution in [2.24, 2.45) is 5.92 Å². The molecule has 1 fully saturated rings. The molecule has 1 aliphatic carbocycles. The minimum Gasteiger partial charge on any atom is -0.493 e. The van der Waals surface area contributed by atoms with Gasteiger partial charge in [0.25, 0.3) is 0 Å².